The largest absolute Gasteiger partial charge is 0.455 e. The SMILES string of the molecule is CN(C(=O)C(=O)Nc1ccccc1Oc1ccccc1)c1ccccc1. The van der Waals surface area contributed by atoms with Gasteiger partial charge in [0.25, 0.3) is 0 Å². The molecule has 5 heteroatoms. The number of benzene rings is 3. The quantitative estimate of drug-likeness (QED) is 0.724. The van der Waals surface area contributed by atoms with Crippen molar-refractivity contribution in [1.29, 1.82) is 0 Å². The van der Waals surface area contributed by atoms with E-state index in [1.165, 1.54) is 4.90 Å². The number of nitrogens with zero attached hydrogens (tertiary/aromatic N) is 1. The molecule has 0 radical (unpaired) electrons. The maximum Gasteiger partial charge on any atom is 0.316 e. The molecule has 3 aromatic carbocycles. The van der Waals surface area contributed by atoms with Crippen molar-refractivity contribution in [3.63, 3.8) is 0 Å². The second-order valence-corrected chi connectivity index (χ2v) is 5.57. The first-order valence-corrected chi connectivity index (χ1v) is 8.11. The Hall–Kier alpha value is -3.60. The number of amides is 2. The Morgan fingerprint density at radius 1 is 0.808 bits per heavy atom. The fourth-order valence-corrected chi connectivity index (χ4v) is 2.37. The summed E-state index contributed by atoms with van der Waals surface area (Å²) in [6.07, 6.45) is 0. The third-order valence-corrected chi connectivity index (χ3v) is 3.75. The summed E-state index contributed by atoms with van der Waals surface area (Å²) in [7, 11) is 1.56. The second kappa shape index (κ2) is 7.98. The molecule has 2 amide bonds. The highest BCUT2D eigenvalue weighted by molar-refractivity contribution is 6.44. The number of nitrogens with one attached hydrogen (secondary N) is 1. The molecule has 0 aromatic heterocycles. The fourth-order valence-electron chi connectivity index (χ4n) is 2.37. The minimum atomic E-state index is -0.736. The molecular formula is C21H18N2O3. The van der Waals surface area contributed by atoms with Crippen LogP contribution >= 0.6 is 0 Å². The van der Waals surface area contributed by atoms with E-state index < -0.39 is 11.8 Å². The lowest BCUT2D eigenvalue weighted by Crippen LogP contribution is -2.37. The Labute approximate surface area is 151 Å². The lowest BCUT2D eigenvalue weighted by Gasteiger charge is -2.17. The van der Waals surface area contributed by atoms with Crippen LogP contribution in [0.1, 0.15) is 0 Å². The summed E-state index contributed by atoms with van der Waals surface area (Å²) in [5, 5.41) is 2.63. The van der Waals surface area contributed by atoms with Gasteiger partial charge in [-0.3, -0.25) is 9.59 Å². The molecule has 26 heavy (non-hydrogen) atoms. The molecule has 0 bridgehead atoms. The molecule has 5 nitrogen and oxygen atoms in total. The molecule has 0 spiro atoms. The fraction of sp³-hybridized carbons (Fsp3) is 0.0476. The van der Waals surface area contributed by atoms with Crippen molar-refractivity contribution in [3.05, 3.63) is 84.9 Å². The van der Waals surface area contributed by atoms with E-state index in [9.17, 15) is 9.59 Å². The molecular weight excluding hydrogens is 328 g/mol. The van der Waals surface area contributed by atoms with Crippen LogP contribution in [0.25, 0.3) is 0 Å². The highest BCUT2D eigenvalue weighted by Gasteiger charge is 2.21. The zero-order valence-corrected chi connectivity index (χ0v) is 14.3. The van der Waals surface area contributed by atoms with Gasteiger partial charge in [0.2, 0.25) is 0 Å². The smallest absolute Gasteiger partial charge is 0.316 e. The van der Waals surface area contributed by atoms with Crippen molar-refractivity contribution in [3.8, 4) is 11.5 Å². The van der Waals surface area contributed by atoms with E-state index in [1.807, 2.05) is 36.4 Å². The molecule has 3 aromatic rings. The Kier molecular flexibility index (Phi) is 5.29. The number of likely N-dealkylation sites (N-methyl/N-ethyl adjacent to an activating group) is 1. The zero-order valence-electron chi connectivity index (χ0n) is 14.3. The Bertz CT molecular complexity index is 895. The normalized spacial score (nSPS) is 10.0. The summed E-state index contributed by atoms with van der Waals surface area (Å²) in [5.41, 5.74) is 1.07. The minimum absolute atomic E-state index is 0.427. The van der Waals surface area contributed by atoms with Crippen LogP contribution in [-0.2, 0) is 9.59 Å². The first-order chi connectivity index (χ1) is 12.6. The van der Waals surface area contributed by atoms with Gasteiger partial charge in [-0.2, -0.15) is 0 Å². The number of para-hydroxylation sites is 4. The molecule has 0 aliphatic carbocycles. The molecule has 130 valence electrons. The van der Waals surface area contributed by atoms with Crippen LogP contribution in [0.15, 0.2) is 84.9 Å². The van der Waals surface area contributed by atoms with E-state index in [0.29, 0.717) is 22.9 Å². The van der Waals surface area contributed by atoms with E-state index in [4.69, 9.17) is 4.74 Å². The van der Waals surface area contributed by atoms with Crippen molar-refractivity contribution in [2.45, 2.75) is 0 Å². The van der Waals surface area contributed by atoms with Gasteiger partial charge in [-0.25, -0.2) is 0 Å². The van der Waals surface area contributed by atoms with Gasteiger partial charge < -0.3 is 15.0 Å². The molecule has 0 atom stereocenters. The Morgan fingerprint density at radius 2 is 1.38 bits per heavy atom. The third kappa shape index (κ3) is 4.08. The summed E-state index contributed by atoms with van der Waals surface area (Å²) in [6.45, 7) is 0. The number of hydrogen-bond donors (Lipinski definition) is 1. The van der Waals surface area contributed by atoms with Crippen LogP contribution in [0.2, 0.25) is 0 Å². The summed E-state index contributed by atoms with van der Waals surface area (Å²) in [6, 6.07) is 25.2. The zero-order chi connectivity index (χ0) is 18.4. The molecule has 0 saturated heterocycles. The van der Waals surface area contributed by atoms with Crippen molar-refractivity contribution in [2.75, 3.05) is 17.3 Å². The van der Waals surface area contributed by atoms with E-state index in [2.05, 4.69) is 5.32 Å². The van der Waals surface area contributed by atoms with Crippen molar-refractivity contribution >= 4 is 23.2 Å². The van der Waals surface area contributed by atoms with Crippen molar-refractivity contribution < 1.29 is 14.3 Å². The van der Waals surface area contributed by atoms with Crippen LogP contribution in [0.4, 0.5) is 11.4 Å². The van der Waals surface area contributed by atoms with Gasteiger partial charge in [-0.15, -0.1) is 0 Å². The Balaban J connectivity index is 1.74. The predicted octanol–water partition coefficient (Wildman–Crippen LogP) is 4.08. The van der Waals surface area contributed by atoms with Gasteiger partial charge in [-0.05, 0) is 36.4 Å². The standard InChI is InChI=1S/C21H18N2O3/c1-23(16-10-4-2-5-11-16)21(25)20(24)22-18-14-8-9-15-19(18)26-17-12-6-3-7-13-17/h2-15H,1H3,(H,22,24). The van der Waals surface area contributed by atoms with Gasteiger partial charge in [-0.1, -0.05) is 48.5 Å². The maximum absolute atomic E-state index is 12.4. The molecule has 0 fully saturated rings. The molecule has 0 saturated carbocycles. The van der Waals surface area contributed by atoms with Crippen LogP contribution < -0.4 is 15.0 Å². The molecule has 0 heterocycles. The summed E-state index contributed by atoms with van der Waals surface area (Å²) in [5.74, 6) is -0.296. The number of anilines is 2. The lowest BCUT2D eigenvalue weighted by molar-refractivity contribution is -0.134. The van der Waals surface area contributed by atoms with E-state index in [0.717, 1.165) is 0 Å². The Morgan fingerprint density at radius 3 is 2.08 bits per heavy atom. The minimum Gasteiger partial charge on any atom is -0.455 e. The summed E-state index contributed by atoms with van der Waals surface area (Å²) in [4.78, 5) is 26.1. The van der Waals surface area contributed by atoms with Crippen molar-refractivity contribution in [1.82, 2.24) is 0 Å². The van der Waals surface area contributed by atoms with Crippen LogP contribution in [-0.4, -0.2) is 18.9 Å². The molecule has 1 N–H and O–H groups in total. The first-order valence-electron chi connectivity index (χ1n) is 8.11. The number of rotatable bonds is 4. The van der Waals surface area contributed by atoms with E-state index in [1.54, 1.807) is 55.6 Å². The number of carbonyl (C=O) groups excluding carboxylic acids is 2. The van der Waals surface area contributed by atoms with Crippen LogP contribution in [0.3, 0.4) is 0 Å². The average Bonchev–Trinajstić information content (AvgIpc) is 2.69. The number of hydrogen-bond acceptors (Lipinski definition) is 3. The summed E-state index contributed by atoms with van der Waals surface area (Å²) >= 11 is 0. The van der Waals surface area contributed by atoms with E-state index >= 15 is 0 Å². The molecule has 0 unspecified atom stereocenters. The van der Waals surface area contributed by atoms with Gasteiger partial charge >= 0.3 is 11.8 Å². The van der Waals surface area contributed by atoms with Crippen molar-refractivity contribution in [2.24, 2.45) is 0 Å². The van der Waals surface area contributed by atoms with E-state index in [-0.39, 0.29) is 0 Å². The molecule has 0 aliphatic heterocycles. The van der Waals surface area contributed by atoms with Gasteiger partial charge in [0.1, 0.15) is 5.75 Å². The first kappa shape index (κ1) is 17.2. The van der Waals surface area contributed by atoms with Gasteiger partial charge in [0, 0.05) is 12.7 Å². The number of ether oxygens (including phenoxy) is 1. The van der Waals surface area contributed by atoms with Crippen LogP contribution in [0.5, 0.6) is 11.5 Å². The third-order valence-electron chi connectivity index (χ3n) is 3.75. The maximum atomic E-state index is 12.4. The topological polar surface area (TPSA) is 58.6 Å². The highest BCUT2D eigenvalue weighted by Crippen LogP contribution is 2.29. The van der Waals surface area contributed by atoms with Crippen LogP contribution in [0, 0.1) is 0 Å². The molecule has 3 rings (SSSR count). The van der Waals surface area contributed by atoms with Gasteiger partial charge in [0.05, 0.1) is 5.69 Å². The molecule has 0 aliphatic rings. The second-order valence-electron chi connectivity index (χ2n) is 5.57. The number of carbonyl (C=O) groups is 2. The monoisotopic (exact) mass is 346 g/mol. The highest BCUT2D eigenvalue weighted by atomic mass is 16.5. The predicted molar refractivity (Wildman–Crippen MR) is 101 cm³/mol. The average molecular weight is 346 g/mol. The van der Waals surface area contributed by atoms with Gasteiger partial charge in [0.15, 0.2) is 5.75 Å². The lowest BCUT2D eigenvalue weighted by atomic mass is 10.2. The summed E-state index contributed by atoms with van der Waals surface area (Å²) < 4.78 is 5.80.